The Labute approximate surface area is 128 Å². The largest absolute Gasteiger partial charge is 0.380 e. The van der Waals surface area contributed by atoms with Crippen molar-refractivity contribution in [3.63, 3.8) is 0 Å². The zero-order chi connectivity index (χ0) is 14.5. The van der Waals surface area contributed by atoms with Gasteiger partial charge in [-0.15, -0.1) is 0 Å². The van der Waals surface area contributed by atoms with Crippen LogP contribution in [-0.2, 0) is 16.1 Å². The number of methoxy groups -OCH3 is 1. The van der Waals surface area contributed by atoms with Crippen LogP contribution in [0, 0.1) is 5.92 Å². The quantitative estimate of drug-likeness (QED) is 0.885. The number of carbonyl (C=O) groups excluding carboxylic acids is 1. The molecule has 1 aromatic carbocycles. The molecule has 0 saturated heterocycles. The minimum absolute atomic E-state index is 0.0210. The number of rotatable bonds is 4. The van der Waals surface area contributed by atoms with E-state index in [0.717, 1.165) is 41.4 Å². The number of benzene rings is 1. The van der Waals surface area contributed by atoms with E-state index < -0.39 is 0 Å². The number of nitrogens with one attached hydrogen (secondary N) is 1. The molecule has 1 aliphatic rings. The van der Waals surface area contributed by atoms with E-state index in [1.807, 2.05) is 18.2 Å². The lowest BCUT2D eigenvalue weighted by molar-refractivity contribution is -0.121. The molecule has 1 aliphatic carbocycles. The summed E-state index contributed by atoms with van der Waals surface area (Å²) in [5.74, 6) is -0.0641. The van der Waals surface area contributed by atoms with Crippen LogP contribution in [0.2, 0.25) is 0 Å². The summed E-state index contributed by atoms with van der Waals surface area (Å²) in [5, 5.41) is 3.01. The van der Waals surface area contributed by atoms with Gasteiger partial charge in [-0.1, -0.05) is 34.8 Å². The fourth-order valence-corrected chi connectivity index (χ4v) is 3.16. The highest BCUT2D eigenvalue weighted by molar-refractivity contribution is 9.10. The Morgan fingerprint density at radius 3 is 2.90 bits per heavy atom. The molecule has 1 aromatic rings. The molecule has 1 amide bonds. The summed E-state index contributed by atoms with van der Waals surface area (Å²) in [4.78, 5) is 12.4. The maximum Gasteiger partial charge on any atom is 0.229 e. The Kier molecular flexibility index (Phi) is 5.57. The van der Waals surface area contributed by atoms with E-state index in [4.69, 9.17) is 10.5 Å². The van der Waals surface area contributed by atoms with Crippen LogP contribution in [0.15, 0.2) is 22.7 Å². The van der Waals surface area contributed by atoms with Gasteiger partial charge in [-0.05, 0) is 25.0 Å². The highest BCUT2D eigenvalue weighted by Crippen LogP contribution is 2.28. The van der Waals surface area contributed by atoms with Crippen molar-refractivity contribution in [2.45, 2.75) is 38.3 Å². The van der Waals surface area contributed by atoms with Crippen LogP contribution >= 0.6 is 15.9 Å². The van der Waals surface area contributed by atoms with Gasteiger partial charge in [-0.3, -0.25) is 4.79 Å². The molecule has 4 nitrogen and oxygen atoms in total. The second kappa shape index (κ2) is 7.20. The summed E-state index contributed by atoms with van der Waals surface area (Å²) in [6.45, 7) is 0.452. The van der Waals surface area contributed by atoms with Gasteiger partial charge in [0.15, 0.2) is 0 Å². The molecule has 0 spiro atoms. The molecule has 0 bridgehead atoms. The monoisotopic (exact) mass is 340 g/mol. The molecular weight excluding hydrogens is 320 g/mol. The summed E-state index contributed by atoms with van der Waals surface area (Å²) in [6, 6.07) is 5.71. The van der Waals surface area contributed by atoms with E-state index in [2.05, 4.69) is 21.2 Å². The molecule has 110 valence electrons. The lowest BCUT2D eigenvalue weighted by atomic mass is 9.84. The number of carbonyl (C=O) groups is 1. The van der Waals surface area contributed by atoms with Crippen molar-refractivity contribution >= 4 is 27.5 Å². The maximum atomic E-state index is 12.4. The van der Waals surface area contributed by atoms with Gasteiger partial charge in [-0.2, -0.15) is 0 Å². The molecule has 5 heteroatoms. The molecule has 2 atom stereocenters. The van der Waals surface area contributed by atoms with Crippen LogP contribution in [0.25, 0.3) is 0 Å². The first-order valence-corrected chi connectivity index (χ1v) is 7.75. The summed E-state index contributed by atoms with van der Waals surface area (Å²) in [6.07, 6.45) is 4.01. The van der Waals surface area contributed by atoms with Crippen molar-refractivity contribution in [1.82, 2.24) is 0 Å². The second-order valence-corrected chi connectivity index (χ2v) is 6.10. The number of ether oxygens (including phenoxy) is 1. The molecule has 0 aromatic heterocycles. The Morgan fingerprint density at radius 2 is 2.20 bits per heavy atom. The Bertz CT molecular complexity index is 479. The van der Waals surface area contributed by atoms with Crippen molar-refractivity contribution in [2.24, 2.45) is 11.7 Å². The predicted molar refractivity (Wildman–Crippen MR) is 83.4 cm³/mol. The molecular formula is C15H21BrN2O2. The van der Waals surface area contributed by atoms with Crippen molar-refractivity contribution < 1.29 is 9.53 Å². The number of hydrogen-bond donors (Lipinski definition) is 2. The first kappa shape index (κ1) is 15.5. The normalized spacial score (nSPS) is 22.6. The molecule has 3 N–H and O–H groups in total. The maximum absolute atomic E-state index is 12.4. The third-order valence-electron chi connectivity index (χ3n) is 3.82. The number of anilines is 1. The summed E-state index contributed by atoms with van der Waals surface area (Å²) in [7, 11) is 1.64. The first-order valence-electron chi connectivity index (χ1n) is 6.96. The lowest BCUT2D eigenvalue weighted by Gasteiger charge is -2.27. The third-order valence-corrected chi connectivity index (χ3v) is 4.56. The van der Waals surface area contributed by atoms with Crippen LogP contribution in [0.1, 0.15) is 31.2 Å². The predicted octanol–water partition coefficient (Wildman–Crippen LogP) is 3.05. The van der Waals surface area contributed by atoms with E-state index >= 15 is 0 Å². The number of amides is 1. The molecule has 2 unspecified atom stereocenters. The highest BCUT2D eigenvalue weighted by atomic mass is 79.9. The van der Waals surface area contributed by atoms with E-state index in [-0.39, 0.29) is 17.9 Å². The summed E-state index contributed by atoms with van der Waals surface area (Å²) >= 11 is 3.49. The van der Waals surface area contributed by atoms with Crippen molar-refractivity contribution in [3.8, 4) is 0 Å². The Hall–Kier alpha value is -0.910. The van der Waals surface area contributed by atoms with E-state index in [1.54, 1.807) is 7.11 Å². The Morgan fingerprint density at radius 1 is 1.45 bits per heavy atom. The summed E-state index contributed by atoms with van der Waals surface area (Å²) < 4.78 is 6.13. The second-order valence-electron chi connectivity index (χ2n) is 5.24. The molecule has 20 heavy (non-hydrogen) atoms. The zero-order valence-corrected chi connectivity index (χ0v) is 13.3. The zero-order valence-electron chi connectivity index (χ0n) is 11.7. The molecule has 1 fully saturated rings. The van der Waals surface area contributed by atoms with Gasteiger partial charge in [0.25, 0.3) is 0 Å². The number of nitrogens with two attached hydrogens (primary N) is 1. The minimum atomic E-state index is -0.0851. The van der Waals surface area contributed by atoms with Crippen LogP contribution < -0.4 is 11.1 Å². The average molecular weight is 341 g/mol. The van der Waals surface area contributed by atoms with Gasteiger partial charge in [0.2, 0.25) is 5.91 Å². The standard InChI is InChI=1S/C15H21BrN2O2/c1-20-9-11-12(16)6-4-8-14(11)18-15(19)10-5-2-3-7-13(10)17/h4,6,8,10,13H,2-3,5,7,9,17H2,1H3,(H,18,19). The van der Waals surface area contributed by atoms with E-state index in [9.17, 15) is 4.79 Å². The van der Waals surface area contributed by atoms with Crippen LogP contribution in [-0.4, -0.2) is 19.1 Å². The van der Waals surface area contributed by atoms with Crippen LogP contribution in [0.5, 0.6) is 0 Å². The molecule has 0 heterocycles. The van der Waals surface area contributed by atoms with Gasteiger partial charge in [0.1, 0.15) is 0 Å². The average Bonchev–Trinajstić information content (AvgIpc) is 2.43. The van der Waals surface area contributed by atoms with Gasteiger partial charge in [0, 0.05) is 28.9 Å². The van der Waals surface area contributed by atoms with Gasteiger partial charge in [-0.25, -0.2) is 0 Å². The Balaban J connectivity index is 2.13. The van der Waals surface area contributed by atoms with Crippen LogP contribution in [0.3, 0.4) is 0 Å². The van der Waals surface area contributed by atoms with Crippen molar-refractivity contribution in [2.75, 3.05) is 12.4 Å². The van der Waals surface area contributed by atoms with Gasteiger partial charge in [0.05, 0.1) is 12.5 Å². The summed E-state index contributed by atoms with van der Waals surface area (Å²) in [5.41, 5.74) is 7.81. The number of hydrogen-bond acceptors (Lipinski definition) is 3. The minimum Gasteiger partial charge on any atom is -0.380 e. The van der Waals surface area contributed by atoms with Gasteiger partial charge >= 0.3 is 0 Å². The fourth-order valence-electron chi connectivity index (χ4n) is 2.68. The van der Waals surface area contributed by atoms with E-state index in [0.29, 0.717) is 6.61 Å². The van der Waals surface area contributed by atoms with Crippen LogP contribution in [0.4, 0.5) is 5.69 Å². The smallest absolute Gasteiger partial charge is 0.229 e. The highest BCUT2D eigenvalue weighted by Gasteiger charge is 2.28. The van der Waals surface area contributed by atoms with Gasteiger partial charge < -0.3 is 15.8 Å². The van der Waals surface area contributed by atoms with E-state index in [1.165, 1.54) is 0 Å². The first-order chi connectivity index (χ1) is 9.63. The molecule has 1 saturated carbocycles. The van der Waals surface area contributed by atoms with Crippen molar-refractivity contribution in [3.05, 3.63) is 28.2 Å². The molecule has 0 radical (unpaired) electrons. The molecule has 0 aliphatic heterocycles. The SMILES string of the molecule is COCc1c(Br)cccc1NC(=O)C1CCCCC1N. The van der Waals surface area contributed by atoms with Crippen molar-refractivity contribution in [1.29, 1.82) is 0 Å². The lowest BCUT2D eigenvalue weighted by Crippen LogP contribution is -2.40. The molecule has 2 rings (SSSR count). The topological polar surface area (TPSA) is 64.3 Å². The fraction of sp³-hybridized carbons (Fsp3) is 0.533. The third kappa shape index (κ3) is 3.59. The number of halogens is 1.